The molecule has 1 aromatic rings. The lowest BCUT2D eigenvalue weighted by Gasteiger charge is -2.13. The molecule has 0 fully saturated rings. The van der Waals surface area contributed by atoms with Gasteiger partial charge in [0, 0.05) is 0 Å². The highest BCUT2D eigenvalue weighted by Gasteiger charge is 2.08. The van der Waals surface area contributed by atoms with Gasteiger partial charge in [0.05, 0.1) is 17.2 Å². The van der Waals surface area contributed by atoms with E-state index in [1.165, 1.54) is 0 Å². The molecule has 0 saturated heterocycles. The summed E-state index contributed by atoms with van der Waals surface area (Å²) in [5, 5.41) is 19.1. The Morgan fingerprint density at radius 1 is 1.38 bits per heavy atom. The Balaban J connectivity index is 2.68. The SMILES string of the molecule is CCC(O)COc1ccc([C@H](C)O)cc1Cl. The van der Waals surface area contributed by atoms with Crippen molar-refractivity contribution in [2.45, 2.75) is 32.5 Å². The van der Waals surface area contributed by atoms with Crippen LogP contribution in [0.3, 0.4) is 0 Å². The molecular formula is C12H17ClO3. The van der Waals surface area contributed by atoms with Crippen LogP contribution < -0.4 is 4.74 Å². The second-order valence-electron chi connectivity index (χ2n) is 3.74. The van der Waals surface area contributed by atoms with Gasteiger partial charge in [0.25, 0.3) is 0 Å². The molecule has 0 spiro atoms. The number of aliphatic hydroxyl groups is 2. The minimum absolute atomic E-state index is 0.226. The van der Waals surface area contributed by atoms with E-state index in [0.29, 0.717) is 17.2 Å². The van der Waals surface area contributed by atoms with Gasteiger partial charge in [-0.05, 0) is 31.0 Å². The van der Waals surface area contributed by atoms with Crippen molar-refractivity contribution in [2.75, 3.05) is 6.61 Å². The number of halogens is 1. The Labute approximate surface area is 101 Å². The molecule has 2 N–H and O–H groups in total. The molecule has 1 rings (SSSR count). The highest BCUT2D eigenvalue weighted by atomic mass is 35.5. The van der Waals surface area contributed by atoms with E-state index in [1.807, 2.05) is 6.92 Å². The minimum atomic E-state index is -0.548. The van der Waals surface area contributed by atoms with Crippen molar-refractivity contribution >= 4 is 11.6 Å². The maximum absolute atomic E-state index is 9.36. The Morgan fingerprint density at radius 3 is 2.56 bits per heavy atom. The number of hydrogen-bond acceptors (Lipinski definition) is 3. The fourth-order valence-electron chi connectivity index (χ4n) is 1.20. The van der Waals surface area contributed by atoms with Crippen LogP contribution in [0.2, 0.25) is 5.02 Å². The lowest BCUT2D eigenvalue weighted by Crippen LogP contribution is -2.16. The van der Waals surface area contributed by atoms with Gasteiger partial charge >= 0.3 is 0 Å². The summed E-state index contributed by atoms with van der Waals surface area (Å²) in [6.07, 6.45) is -0.385. The number of benzene rings is 1. The van der Waals surface area contributed by atoms with Crippen LogP contribution in [0.5, 0.6) is 5.75 Å². The third-order valence-electron chi connectivity index (χ3n) is 2.34. The monoisotopic (exact) mass is 244 g/mol. The van der Waals surface area contributed by atoms with Crippen LogP contribution in [-0.2, 0) is 0 Å². The summed E-state index contributed by atoms with van der Waals surface area (Å²) in [6.45, 7) is 3.78. The third-order valence-corrected chi connectivity index (χ3v) is 2.64. The average Bonchev–Trinajstić information content (AvgIpc) is 2.26. The average molecular weight is 245 g/mol. The van der Waals surface area contributed by atoms with Gasteiger partial charge in [-0.15, -0.1) is 0 Å². The third kappa shape index (κ3) is 3.67. The van der Waals surface area contributed by atoms with Crippen molar-refractivity contribution < 1.29 is 14.9 Å². The lowest BCUT2D eigenvalue weighted by molar-refractivity contribution is 0.104. The first-order valence-electron chi connectivity index (χ1n) is 5.33. The van der Waals surface area contributed by atoms with E-state index in [9.17, 15) is 10.2 Å². The summed E-state index contributed by atoms with van der Waals surface area (Å²) in [7, 11) is 0. The molecule has 3 nitrogen and oxygen atoms in total. The first-order chi connectivity index (χ1) is 7.54. The first-order valence-corrected chi connectivity index (χ1v) is 5.70. The van der Waals surface area contributed by atoms with Crippen molar-refractivity contribution in [1.82, 2.24) is 0 Å². The molecule has 1 unspecified atom stereocenters. The van der Waals surface area contributed by atoms with Crippen LogP contribution in [-0.4, -0.2) is 22.9 Å². The molecule has 1 aromatic carbocycles. The smallest absolute Gasteiger partial charge is 0.138 e. The standard InChI is InChI=1S/C12H17ClO3/c1-3-10(15)7-16-12-5-4-9(8(2)14)6-11(12)13/h4-6,8,10,14-15H,3,7H2,1-2H3/t8-,10?/m0/s1. The molecule has 2 atom stereocenters. The number of aliphatic hydroxyl groups excluding tert-OH is 2. The van der Waals surface area contributed by atoms with Crippen molar-refractivity contribution in [3.63, 3.8) is 0 Å². The Hall–Kier alpha value is -0.770. The summed E-state index contributed by atoms with van der Waals surface area (Å²) in [4.78, 5) is 0. The number of hydrogen-bond donors (Lipinski definition) is 2. The molecule has 0 aromatic heterocycles. The van der Waals surface area contributed by atoms with E-state index in [0.717, 1.165) is 5.56 Å². The quantitative estimate of drug-likeness (QED) is 0.837. The van der Waals surface area contributed by atoms with Gasteiger partial charge in [-0.1, -0.05) is 24.6 Å². The van der Waals surface area contributed by atoms with Crippen LogP contribution in [0.15, 0.2) is 18.2 Å². The fraction of sp³-hybridized carbons (Fsp3) is 0.500. The predicted molar refractivity (Wildman–Crippen MR) is 63.9 cm³/mol. The largest absolute Gasteiger partial charge is 0.489 e. The van der Waals surface area contributed by atoms with Gasteiger partial charge in [0.1, 0.15) is 12.4 Å². The van der Waals surface area contributed by atoms with E-state index < -0.39 is 12.2 Å². The topological polar surface area (TPSA) is 49.7 Å². The lowest BCUT2D eigenvalue weighted by atomic mass is 10.1. The van der Waals surface area contributed by atoms with Crippen LogP contribution in [0.4, 0.5) is 0 Å². The highest BCUT2D eigenvalue weighted by molar-refractivity contribution is 6.32. The molecule has 4 heteroatoms. The van der Waals surface area contributed by atoms with E-state index in [2.05, 4.69) is 0 Å². The van der Waals surface area contributed by atoms with Crippen LogP contribution in [0, 0.1) is 0 Å². The van der Waals surface area contributed by atoms with Crippen molar-refractivity contribution in [2.24, 2.45) is 0 Å². The summed E-state index contributed by atoms with van der Waals surface area (Å²) >= 11 is 5.98. The molecule has 0 amide bonds. The molecule has 16 heavy (non-hydrogen) atoms. The summed E-state index contributed by atoms with van der Waals surface area (Å²) in [5.74, 6) is 0.526. The Bertz CT molecular complexity index is 339. The van der Waals surface area contributed by atoms with Gasteiger partial charge < -0.3 is 14.9 Å². The number of ether oxygens (including phenoxy) is 1. The molecule has 0 bridgehead atoms. The molecule has 0 saturated carbocycles. The maximum Gasteiger partial charge on any atom is 0.138 e. The molecule has 90 valence electrons. The van der Waals surface area contributed by atoms with Crippen molar-refractivity contribution in [3.8, 4) is 5.75 Å². The van der Waals surface area contributed by atoms with Crippen molar-refractivity contribution in [3.05, 3.63) is 28.8 Å². The molecule has 0 aliphatic heterocycles. The molecule has 0 radical (unpaired) electrons. The summed E-state index contributed by atoms with van der Waals surface area (Å²) in [5.41, 5.74) is 0.744. The molecule has 0 heterocycles. The van der Waals surface area contributed by atoms with Crippen molar-refractivity contribution in [1.29, 1.82) is 0 Å². The minimum Gasteiger partial charge on any atom is -0.489 e. The summed E-state index contributed by atoms with van der Waals surface area (Å²) < 4.78 is 5.36. The fourth-order valence-corrected chi connectivity index (χ4v) is 1.44. The van der Waals surface area contributed by atoms with Gasteiger partial charge in [0.15, 0.2) is 0 Å². The second-order valence-corrected chi connectivity index (χ2v) is 4.15. The number of rotatable bonds is 5. The van der Waals surface area contributed by atoms with Gasteiger partial charge in [-0.3, -0.25) is 0 Å². The zero-order valence-electron chi connectivity index (χ0n) is 9.48. The normalized spacial score (nSPS) is 14.6. The molecular weight excluding hydrogens is 228 g/mol. The van der Waals surface area contributed by atoms with E-state index in [1.54, 1.807) is 25.1 Å². The summed E-state index contributed by atoms with van der Waals surface area (Å²) in [6, 6.07) is 5.12. The van der Waals surface area contributed by atoms with Crippen LogP contribution >= 0.6 is 11.6 Å². The van der Waals surface area contributed by atoms with Gasteiger partial charge in [-0.2, -0.15) is 0 Å². The van der Waals surface area contributed by atoms with Crippen LogP contribution in [0.25, 0.3) is 0 Å². The van der Waals surface area contributed by atoms with Gasteiger partial charge in [-0.25, -0.2) is 0 Å². The zero-order valence-corrected chi connectivity index (χ0v) is 10.2. The van der Waals surface area contributed by atoms with Crippen LogP contribution in [0.1, 0.15) is 31.9 Å². The predicted octanol–water partition coefficient (Wildman–Crippen LogP) is 2.54. The highest BCUT2D eigenvalue weighted by Crippen LogP contribution is 2.27. The zero-order chi connectivity index (χ0) is 12.1. The molecule has 0 aliphatic rings. The van der Waals surface area contributed by atoms with Gasteiger partial charge in [0.2, 0.25) is 0 Å². The molecule has 0 aliphatic carbocycles. The van der Waals surface area contributed by atoms with E-state index >= 15 is 0 Å². The van der Waals surface area contributed by atoms with E-state index in [-0.39, 0.29) is 6.61 Å². The Kier molecular flexibility index (Phi) is 5.06. The second kappa shape index (κ2) is 6.09. The first kappa shape index (κ1) is 13.3. The Morgan fingerprint density at radius 2 is 2.06 bits per heavy atom. The van der Waals surface area contributed by atoms with E-state index in [4.69, 9.17) is 16.3 Å². The maximum atomic E-state index is 9.36.